The highest BCUT2D eigenvalue weighted by Crippen LogP contribution is 2.39. The van der Waals surface area contributed by atoms with Crippen molar-refractivity contribution < 1.29 is 23.1 Å². The molecular weight excluding hydrogens is 380 g/mol. The number of amides is 3. The van der Waals surface area contributed by atoms with Crippen LogP contribution in [0.1, 0.15) is 32.6 Å². The van der Waals surface area contributed by atoms with Crippen LogP contribution in [-0.2, 0) is 9.53 Å². The van der Waals surface area contributed by atoms with Crippen molar-refractivity contribution in [3.63, 3.8) is 0 Å². The Kier molecular flexibility index (Phi) is 5.57. The summed E-state index contributed by atoms with van der Waals surface area (Å²) >= 11 is 0. The van der Waals surface area contributed by atoms with E-state index in [0.29, 0.717) is 25.3 Å². The molecule has 1 spiro atoms. The fourth-order valence-electron chi connectivity index (χ4n) is 4.93. The number of piperidine rings is 1. The number of imide groups is 1. The number of carbonyl (C=O) groups excluding carboxylic acids is 2. The first-order valence-electron chi connectivity index (χ1n) is 10.4. The van der Waals surface area contributed by atoms with Gasteiger partial charge in [0, 0.05) is 45.5 Å². The van der Waals surface area contributed by atoms with Crippen LogP contribution >= 0.6 is 0 Å². The van der Waals surface area contributed by atoms with Crippen LogP contribution in [0.15, 0.2) is 18.2 Å². The van der Waals surface area contributed by atoms with Gasteiger partial charge in [-0.3, -0.25) is 4.79 Å². The minimum atomic E-state index is -0.930. The lowest BCUT2D eigenvalue weighted by Crippen LogP contribution is -2.57. The fraction of sp³-hybridized carbons (Fsp3) is 0.619. The Balaban J connectivity index is 1.52. The zero-order chi connectivity index (χ0) is 20.6. The van der Waals surface area contributed by atoms with Gasteiger partial charge in [0.25, 0.3) is 5.91 Å². The molecule has 0 atom stereocenters. The molecule has 0 aliphatic carbocycles. The lowest BCUT2D eigenvalue weighted by molar-refractivity contribution is -0.127. The van der Waals surface area contributed by atoms with E-state index < -0.39 is 23.2 Å². The molecule has 3 amide bonds. The molecule has 3 heterocycles. The van der Waals surface area contributed by atoms with Gasteiger partial charge < -0.3 is 14.5 Å². The van der Waals surface area contributed by atoms with E-state index in [1.807, 2.05) is 6.92 Å². The van der Waals surface area contributed by atoms with Gasteiger partial charge in [0.1, 0.15) is 17.2 Å². The van der Waals surface area contributed by atoms with Crippen LogP contribution in [0.4, 0.5) is 19.3 Å². The molecule has 3 aliphatic rings. The molecule has 3 aliphatic heterocycles. The molecule has 0 unspecified atom stereocenters. The van der Waals surface area contributed by atoms with Crippen molar-refractivity contribution >= 4 is 17.6 Å². The van der Waals surface area contributed by atoms with Gasteiger partial charge in [-0.1, -0.05) is 0 Å². The molecule has 1 aromatic carbocycles. The van der Waals surface area contributed by atoms with Crippen molar-refractivity contribution in [2.24, 2.45) is 5.92 Å². The zero-order valence-electron chi connectivity index (χ0n) is 16.7. The summed E-state index contributed by atoms with van der Waals surface area (Å²) in [6.07, 6.45) is 3.17. The van der Waals surface area contributed by atoms with E-state index in [2.05, 4.69) is 4.90 Å². The number of anilines is 1. The number of benzene rings is 1. The number of nitrogens with zero attached hydrogens (tertiary/aromatic N) is 3. The van der Waals surface area contributed by atoms with Crippen LogP contribution in [0.3, 0.4) is 0 Å². The normalized spacial score (nSPS) is 23.4. The highest BCUT2D eigenvalue weighted by molar-refractivity contribution is 6.23. The van der Waals surface area contributed by atoms with E-state index in [1.165, 1.54) is 0 Å². The van der Waals surface area contributed by atoms with Gasteiger partial charge in [-0.2, -0.15) is 0 Å². The number of urea groups is 1. The van der Waals surface area contributed by atoms with Crippen molar-refractivity contribution in [2.45, 2.75) is 38.1 Å². The number of rotatable bonds is 4. The topological polar surface area (TPSA) is 53.1 Å². The van der Waals surface area contributed by atoms with Gasteiger partial charge in [0.15, 0.2) is 0 Å². The molecule has 4 rings (SSSR count). The number of halogens is 2. The van der Waals surface area contributed by atoms with Crippen molar-refractivity contribution in [3.8, 4) is 0 Å². The maximum Gasteiger partial charge on any atom is 0.332 e. The van der Waals surface area contributed by atoms with Crippen LogP contribution in [0.5, 0.6) is 0 Å². The lowest BCUT2D eigenvalue weighted by Gasteiger charge is -2.43. The third kappa shape index (κ3) is 3.64. The molecule has 0 N–H and O–H groups in total. The molecule has 0 aromatic heterocycles. The molecule has 158 valence electrons. The first-order valence-corrected chi connectivity index (χ1v) is 10.4. The number of carbonyl (C=O) groups is 2. The van der Waals surface area contributed by atoms with Crippen molar-refractivity contribution in [1.82, 2.24) is 9.80 Å². The van der Waals surface area contributed by atoms with E-state index in [9.17, 15) is 18.4 Å². The maximum absolute atomic E-state index is 13.7. The van der Waals surface area contributed by atoms with Crippen molar-refractivity contribution in [1.29, 1.82) is 0 Å². The predicted octanol–water partition coefficient (Wildman–Crippen LogP) is 3.01. The smallest absolute Gasteiger partial charge is 0.332 e. The third-order valence-corrected chi connectivity index (χ3v) is 6.50. The third-order valence-electron chi connectivity index (χ3n) is 6.50. The molecule has 0 radical (unpaired) electrons. The largest absolute Gasteiger partial charge is 0.381 e. The second kappa shape index (κ2) is 7.99. The highest BCUT2D eigenvalue weighted by atomic mass is 19.1. The molecule has 0 saturated carbocycles. The summed E-state index contributed by atoms with van der Waals surface area (Å²) in [6, 6.07) is 2.30. The SMILES string of the molecule is CCN1C(=O)N(c2cc(F)cc(F)c2)C(=O)C12CCN(CC1CCOCC1)CC2. The Hall–Kier alpha value is -2.06. The molecule has 8 heteroatoms. The summed E-state index contributed by atoms with van der Waals surface area (Å²) in [4.78, 5) is 31.2. The standard InChI is InChI=1S/C21H27F2N3O3/c1-2-25-20(28)26(18-12-16(22)11-17(23)13-18)19(27)21(25)5-7-24(8-6-21)14-15-3-9-29-10-4-15/h11-13,15H,2-10,14H2,1H3. The number of hydrogen-bond acceptors (Lipinski definition) is 4. The number of likely N-dealkylation sites (tertiary alicyclic amines) is 1. The monoisotopic (exact) mass is 407 g/mol. The Morgan fingerprint density at radius 2 is 1.69 bits per heavy atom. The van der Waals surface area contributed by atoms with Crippen LogP contribution < -0.4 is 4.90 Å². The van der Waals surface area contributed by atoms with E-state index in [0.717, 1.165) is 68.8 Å². The highest BCUT2D eigenvalue weighted by Gasteiger charge is 2.58. The second-order valence-corrected chi connectivity index (χ2v) is 8.18. The summed E-state index contributed by atoms with van der Waals surface area (Å²) in [5, 5.41) is 0. The Morgan fingerprint density at radius 3 is 2.28 bits per heavy atom. The van der Waals surface area contributed by atoms with Crippen LogP contribution in [0.2, 0.25) is 0 Å². The number of ether oxygens (including phenoxy) is 1. The van der Waals surface area contributed by atoms with Gasteiger partial charge in [-0.05, 0) is 50.7 Å². The summed E-state index contributed by atoms with van der Waals surface area (Å²) < 4.78 is 32.8. The summed E-state index contributed by atoms with van der Waals surface area (Å²) in [7, 11) is 0. The summed E-state index contributed by atoms with van der Waals surface area (Å²) in [5.41, 5.74) is -0.974. The van der Waals surface area contributed by atoms with E-state index in [4.69, 9.17) is 4.74 Å². The lowest BCUT2D eigenvalue weighted by atomic mass is 9.85. The quantitative estimate of drug-likeness (QED) is 0.720. The maximum atomic E-state index is 13.7. The predicted molar refractivity (Wildman–Crippen MR) is 104 cm³/mol. The molecule has 3 saturated heterocycles. The average molecular weight is 407 g/mol. The molecular formula is C21H27F2N3O3. The minimum Gasteiger partial charge on any atom is -0.381 e. The van der Waals surface area contributed by atoms with Crippen LogP contribution in [0, 0.1) is 17.6 Å². The summed E-state index contributed by atoms with van der Waals surface area (Å²) in [5.74, 6) is -1.39. The Bertz CT molecular complexity index is 769. The number of likely N-dealkylation sites (N-methyl/N-ethyl adjacent to an activating group) is 1. The molecule has 6 nitrogen and oxygen atoms in total. The van der Waals surface area contributed by atoms with Gasteiger partial charge in [-0.25, -0.2) is 18.5 Å². The van der Waals surface area contributed by atoms with E-state index in [-0.39, 0.29) is 11.6 Å². The van der Waals surface area contributed by atoms with E-state index >= 15 is 0 Å². The van der Waals surface area contributed by atoms with Gasteiger partial charge in [0.2, 0.25) is 0 Å². The zero-order valence-corrected chi connectivity index (χ0v) is 16.7. The first kappa shape index (κ1) is 20.2. The minimum absolute atomic E-state index is 0.0440. The van der Waals surface area contributed by atoms with Gasteiger partial charge in [0.05, 0.1) is 5.69 Å². The fourth-order valence-corrected chi connectivity index (χ4v) is 4.93. The number of hydrogen-bond donors (Lipinski definition) is 0. The molecule has 3 fully saturated rings. The molecule has 1 aromatic rings. The second-order valence-electron chi connectivity index (χ2n) is 8.18. The van der Waals surface area contributed by atoms with Crippen molar-refractivity contribution in [3.05, 3.63) is 29.8 Å². The Morgan fingerprint density at radius 1 is 1.07 bits per heavy atom. The Labute approximate surface area is 169 Å². The molecule has 29 heavy (non-hydrogen) atoms. The van der Waals surface area contributed by atoms with Crippen LogP contribution in [-0.4, -0.2) is 66.7 Å². The average Bonchev–Trinajstić information content (AvgIpc) is 2.90. The van der Waals surface area contributed by atoms with Crippen molar-refractivity contribution in [2.75, 3.05) is 44.3 Å². The first-order chi connectivity index (χ1) is 13.9. The van der Waals surface area contributed by atoms with Gasteiger partial charge >= 0.3 is 6.03 Å². The van der Waals surface area contributed by atoms with Crippen LogP contribution in [0.25, 0.3) is 0 Å². The molecule has 0 bridgehead atoms. The van der Waals surface area contributed by atoms with Gasteiger partial charge in [-0.15, -0.1) is 0 Å². The van der Waals surface area contributed by atoms with E-state index in [1.54, 1.807) is 4.90 Å². The summed E-state index contributed by atoms with van der Waals surface area (Å²) in [6.45, 7) is 6.23.